The molecule has 0 aromatic heterocycles. The highest BCUT2D eigenvalue weighted by Crippen LogP contribution is 2.42. The van der Waals surface area contributed by atoms with Crippen LogP contribution in [0.3, 0.4) is 0 Å². The van der Waals surface area contributed by atoms with Crippen molar-refractivity contribution in [1.29, 1.82) is 0 Å². The minimum absolute atomic E-state index is 0.0397. The van der Waals surface area contributed by atoms with Crippen LogP contribution in [0.1, 0.15) is 60.8 Å². The molecule has 3 aliphatic heterocycles. The van der Waals surface area contributed by atoms with Crippen LogP contribution in [-0.4, -0.2) is 91.6 Å². The number of benzene rings is 3. The van der Waals surface area contributed by atoms with E-state index < -0.39 is 11.6 Å². The number of halogens is 3. The summed E-state index contributed by atoms with van der Waals surface area (Å²) in [5.41, 5.74) is 6.00. The van der Waals surface area contributed by atoms with Gasteiger partial charge in [-0.05, 0) is 105 Å². The molecule has 3 heterocycles. The predicted molar refractivity (Wildman–Crippen MR) is 202 cm³/mol. The number of methoxy groups -OCH3 is 1. The number of ether oxygens (including phenoxy) is 2. The average Bonchev–Trinajstić information content (AvgIpc) is 4.01. The maximum Gasteiger partial charge on any atom is 0.252 e. The zero-order chi connectivity index (χ0) is 37.2. The molecule has 7 rings (SSSR count). The Balaban J connectivity index is 1.14. The largest absolute Gasteiger partial charge is 0.496 e. The predicted octanol–water partition coefficient (Wildman–Crippen LogP) is 6.81. The van der Waals surface area contributed by atoms with Crippen LogP contribution < -0.4 is 14.8 Å². The molecule has 0 spiro atoms. The Hall–Kier alpha value is -3.99. The smallest absolute Gasteiger partial charge is 0.252 e. The van der Waals surface area contributed by atoms with Crippen LogP contribution in [0.5, 0.6) is 11.5 Å². The van der Waals surface area contributed by atoms with Gasteiger partial charge in [0.15, 0.2) is 11.6 Å². The van der Waals surface area contributed by atoms with Gasteiger partial charge in [-0.15, -0.1) is 0 Å². The second-order valence-electron chi connectivity index (χ2n) is 15.0. The van der Waals surface area contributed by atoms with E-state index in [0.29, 0.717) is 32.2 Å². The molecule has 4 aliphatic rings. The molecule has 8 nitrogen and oxygen atoms in total. The minimum Gasteiger partial charge on any atom is -0.496 e. The van der Waals surface area contributed by atoms with Gasteiger partial charge < -0.3 is 29.5 Å². The van der Waals surface area contributed by atoms with Crippen molar-refractivity contribution in [3.63, 3.8) is 0 Å². The summed E-state index contributed by atoms with van der Waals surface area (Å²) in [6.07, 6.45) is 5.19. The molecule has 2 unspecified atom stereocenters. The lowest BCUT2D eigenvalue weighted by Crippen LogP contribution is -2.56. The number of likely N-dealkylation sites (N-methyl/N-ethyl adjacent to an activating group) is 1. The van der Waals surface area contributed by atoms with Crippen molar-refractivity contribution in [2.45, 2.75) is 76.5 Å². The highest BCUT2D eigenvalue weighted by Gasteiger charge is 2.45. The van der Waals surface area contributed by atoms with Gasteiger partial charge in [-0.25, -0.2) is 8.78 Å². The number of amides is 2. The molecular weight excluding hydrogens is 698 g/mol. The number of piperidine rings is 1. The Morgan fingerprint density at radius 3 is 2.43 bits per heavy atom. The zero-order valence-electron chi connectivity index (χ0n) is 30.8. The molecule has 1 N–H and O–H groups in total. The molecular formula is C42H49ClF2N4O4. The van der Waals surface area contributed by atoms with Crippen LogP contribution in [0.25, 0.3) is 5.57 Å². The second kappa shape index (κ2) is 16.2. The topological polar surface area (TPSA) is 74.3 Å². The lowest BCUT2D eigenvalue weighted by molar-refractivity contribution is -0.139. The van der Waals surface area contributed by atoms with Gasteiger partial charge >= 0.3 is 0 Å². The molecule has 3 atom stereocenters. The molecule has 11 heteroatoms. The first-order chi connectivity index (χ1) is 25.6. The summed E-state index contributed by atoms with van der Waals surface area (Å²) in [7, 11) is 3.76. The Bertz CT molecular complexity index is 1860. The van der Waals surface area contributed by atoms with Crippen molar-refractivity contribution in [3.8, 4) is 11.5 Å². The van der Waals surface area contributed by atoms with Crippen LogP contribution in [0.2, 0.25) is 5.02 Å². The number of nitrogens with zero attached hydrogens (tertiary/aromatic N) is 3. The molecule has 0 radical (unpaired) electrons. The van der Waals surface area contributed by atoms with Gasteiger partial charge in [-0.2, -0.15) is 0 Å². The number of piperazine rings is 1. The SMILES string of the molecule is COc1cccc(CN(C(=O)C2=C(c3ccc(CCCOc4c(F)ccc(F)c4Cl)cc3)CC3C[C@@H](C(=O)N4CCN(C)CC4)CC2N3)C2CC2)c1C. The van der Waals surface area contributed by atoms with E-state index >= 15 is 0 Å². The fourth-order valence-electron chi connectivity index (χ4n) is 8.20. The first kappa shape index (κ1) is 37.3. The van der Waals surface area contributed by atoms with Crippen LogP contribution in [0, 0.1) is 24.5 Å². The van der Waals surface area contributed by atoms with E-state index in [4.69, 9.17) is 21.1 Å². The molecule has 53 heavy (non-hydrogen) atoms. The van der Waals surface area contributed by atoms with E-state index in [2.05, 4.69) is 47.6 Å². The highest BCUT2D eigenvalue weighted by molar-refractivity contribution is 6.32. The first-order valence-electron chi connectivity index (χ1n) is 18.9. The maximum absolute atomic E-state index is 15.0. The Morgan fingerprint density at radius 1 is 0.981 bits per heavy atom. The fourth-order valence-corrected chi connectivity index (χ4v) is 8.41. The third kappa shape index (κ3) is 8.25. The number of hydrogen-bond donors (Lipinski definition) is 1. The van der Waals surface area contributed by atoms with Gasteiger partial charge in [0.25, 0.3) is 5.91 Å². The zero-order valence-corrected chi connectivity index (χ0v) is 31.6. The van der Waals surface area contributed by atoms with E-state index in [1.807, 2.05) is 28.9 Å². The summed E-state index contributed by atoms with van der Waals surface area (Å²) in [4.78, 5) is 35.2. The van der Waals surface area contributed by atoms with E-state index in [1.54, 1.807) is 7.11 Å². The van der Waals surface area contributed by atoms with Gasteiger partial charge in [-0.1, -0.05) is 48.0 Å². The van der Waals surface area contributed by atoms with Gasteiger partial charge in [0.1, 0.15) is 16.6 Å². The lowest BCUT2D eigenvalue weighted by Gasteiger charge is -2.44. The molecule has 1 saturated carbocycles. The number of hydrogen-bond acceptors (Lipinski definition) is 6. The monoisotopic (exact) mass is 746 g/mol. The van der Waals surface area contributed by atoms with Gasteiger partial charge in [0.05, 0.1) is 13.7 Å². The Kier molecular flexibility index (Phi) is 11.4. The van der Waals surface area contributed by atoms with E-state index in [9.17, 15) is 18.4 Å². The summed E-state index contributed by atoms with van der Waals surface area (Å²) in [5, 5.41) is 3.43. The van der Waals surface area contributed by atoms with E-state index in [1.165, 1.54) is 0 Å². The van der Waals surface area contributed by atoms with E-state index in [0.717, 1.165) is 96.7 Å². The number of aryl methyl sites for hydroxylation is 1. The van der Waals surface area contributed by atoms with Crippen LogP contribution >= 0.6 is 11.6 Å². The number of fused-ring (bicyclic) bond motifs is 2. The minimum atomic E-state index is -0.722. The number of carbonyl (C=O) groups excluding carboxylic acids is 2. The number of rotatable bonds is 12. The van der Waals surface area contributed by atoms with E-state index in [-0.39, 0.29) is 53.2 Å². The number of carbonyl (C=O) groups is 2. The second-order valence-corrected chi connectivity index (χ2v) is 15.4. The molecule has 3 aromatic carbocycles. The van der Waals surface area contributed by atoms with Crippen LogP contribution in [0.4, 0.5) is 8.78 Å². The number of nitrogens with one attached hydrogen (secondary N) is 1. The average molecular weight is 747 g/mol. The summed E-state index contributed by atoms with van der Waals surface area (Å²) < 4.78 is 39.1. The maximum atomic E-state index is 15.0. The molecule has 3 aromatic rings. The summed E-state index contributed by atoms with van der Waals surface area (Å²) in [5.74, 6) is -0.752. The quantitative estimate of drug-likeness (QED) is 0.162. The van der Waals surface area contributed by atoms with Crippen molar-refractivity contribution in [1.82, 2.24) is 20.0 Å². The van der Waals surface area contributed by atoms with Gasteiger partial charge in [0, 0.05) is 62.3 Å². The summed E-state index contributed by atoms with van der Waals surface area (Å²) in [6, 6.07) is 16.3. The summed E-state index contributed by atoms with van der Waals surface area (Å²) >= 11 is 5.92. The normalized spacial score (nSPS) is 21.8. The highest BCUT2D eigenvalue weighted by atomic mass is 35.5. The standard InChI is InChI=1S/C42H49ClF2N4O4/c1-26-29(7-4-8-37(26)52-3)25-49(32-13-14-32)42(51)38-33(24-31-22-30(23-36(38)46-31)41(50)48-19-17-47(2)18-20-48)28-11-9-27(10-12-28)6-5-21-53-40-35(45)16-15-34(44)39(40)43/h4,7-12,15-16,30-32,36,46H,5-6,13-14,17-25H2,1-3H3/t30-,31?,36?/m1/s1. The fraction of sp³-hybridized carbons (Fsp3) is 0.476. The van der Waals surface area contributed by atoms with Gasteiger partial charge in [-0.3, -0.25) is 9.59 Å². The van der Waals surface area contributed by atoms with Crippen molar-refractivity contribution < 1.29 is 27.8 Å². The third-order valence-electron chi connectivity index (χ3n) is 11.4. The molecule has 1 aliphatic carbocycles. The molecule has 2 amide bonds. The summed E-state index contributed by atoms with van der Waals surface area (Å²) in [6.45, 7) is 5.95. The van der Waals surface area contributed by atoms with Crippen molar-refractivity contribution in [2.24, 2.45) is 5.92 Å². The molecule has 282 valence electrons. The van der Waals surface area contributed by atoms with Crippen molar-refractivity contribution in [3.05, 3.63) is 99.1 Å². The first-order valence-corrected chi connectivity index (χ1v) is 19.2. The molecule has 2 saturated heterocycles. The van der Waals surface area contributed by atoms with Crippen LogP contribution in [0.15, 0.2) is 60.2 Å². The third-order valence-corrected chi connectivity index (χ3v) is 11.8. The van der Waals surface area contributed by atoms with Crippen molar-refractivity contribution >= 4 is 29.0 Å². The van der Waals surface area contributed by atoms with Crippen molar-refractivity contribution in [2.75, 3.05) is 46.9 Å². The molecule has 3 fully saturated rings. The van der Waals surface area contributed by atoms with Crippen LogP contribution in [-0.2, 0) is 22.6 Å². The Labute approximate surface area is 316 Å². The van der Waals surface area contributed by atoms with Gasteiger partial charge in [0.2, 0.25) is 5.91 Å². The lowest BCUT2D eigenvalue weighted by atomic mass is 9.74. The molecule has 2 bridgehead atoms. The Morgan fingerprint density at radius 2 is 1.72 bits per heavy atom.